The minimum absolute atomic E-state index is 0.404. The van der Waals surface area contributed by atoms with Crippen molar-refractivity contribution in [2.24, 2.45) is 0 Å². The van der Waals surface area contributed by atoms with Gasteiger partial charge in [0.2, 0.25) is 0 Å². The van der Waals surface area contributed by atoms with Crippen LogP contribution in [0.3, 0.4) is 0 Å². The number of aryl methyl sites for hydroxylation is 2. The van der Waals surface area contributed by atoms with Gasteiger partial charge >= 0.3 is 0 Å². The molecule has 1 fully saturated rings. The van der Waals surface area contributed by atoms with Crippen LogP contribution in [0.25, 0.3) is 0 Å². The summed E-state index contributed by atoms with van der Waals surface area (Å²) in [5.41, 5.74) is 0. The summed E-state index contributed by atoms with van der Waals surface area (Å²) in [6, 6.07) is 4.69. The van der Waals surface area contributed by atoms with E-state index in [4.69, 9.17) is 0 Å². The molecule has 3 heterocycles. The van der Waals surface area contributed by atoms with Crippen LogP contribution in [0.4, 0.5) is 0 Å². The second-order valence-electron chi connectivity index (χ2n) is 4.36. The second kappa shape index (κ2) is 4.98. The molecule has 0 radical (unpaired) electrons. The van der Waals surface area contributed by atoms with Crippen LogP contribution in [0.5, 0.6) is 0 Å². The summed E-state index contributed by atoms with van der Waals surface area (Å²) < 4.78 is 2.18. The molecule has 0 aromatic carbocycles. The Bertz CT molecular complexity index is 457. The molecule has 0 amide bonds. The summed E-state index contributed by atoms with van der Waals surface area (Å²) in [7, 11) is 0. The van der Waals surface area contributed by atoms with Gasteiger partial charge in [0, 0.05) is 11.4 Å². The Hall–Kier alpha value is -1.20. The molecular weight excluding hydrogens is 232 g/mol. The van der Waals surface area contributed by atoms with Gasteiger partial charge < -0.3 is 9.88 Å². The molecule has 3 rings (SSSR count). The van der Waals surface area contributed by atoms with Crippen LogP contribution in [0.15, 0.2) is 23.8 Å². The molecule has 1 saturated heterocycles. The molecule has 4 nitrogen and oxygen atoms in total. The van der Waals surface area contributed by atoms with Crippen LogP contribution < -0.4 is 5.32 Å². The number of hydrogen-bond acceptors (Lipinski definition) is 4. The van der Waals surface area contributed by atoms with E-state index in [1.807, 2.05) is 17.7 Å². The lowest BCUT2D eigenvalue weighted by Gasteiger charge is -2.11. The number of nitrogens with zero attached hydrogens (tertiary/aromatic N) is 3. The molecule has 2 aromatic rings. The van der Waals surface area contributed by atoms with Gasteiger partial charge in [0.25, 0.3) is 0 Å². The summed E-state index contributed by atoms with van der Waals surface area (Å²) in [5, 5.41) is 13.9. The zero-order valence-corrected chi connectivity index (χ0v) is 10.5. The van der Waals surface area contributed by atoms with Crippen molar-refractivity contribution in [2.45, 2.75) is 31.8 Å². The van der Waals surface area contributed by atoms with Crippen LogP contribution in [-0.2, 0) is 13.0 Å². The largest absolute Gasteiger partial charge is 0.316 e. The smallest absolute Gasteiger partial charge is 0.149 e. The molecule has 0 saturated carbocycles. The molecule has 1 N–H and O–H groups in total. The summed E-state index contributed by atoms with van der Waals surface area (Å²) >= 11 is 1.81. The van der Waals surface area contributed by atoms with Crippen molar-refractivity contribution in [2.75, 3.05) is 6.54 Å². The molecule has 1 unspecified atom stereocenters. The topological polar surface area (TPSA) is 42.7 Å². The summed E-state index contributed by atoms with van der Waals surface area (Å²) in [6.07, 6.45) is 5.33. The lowest BCUT2D eigenvalue weighted by atomic mass is 10.2. The van der Waals surface area contributed by atoms with Gasteiger partial charge in [-0.15, -0.1) is 21.5 Å². The van der Waals surface area contributed by atoms with Crippen molar-refractivity contribution in [3.05, 3.63) is 34.5 Å². The van der Waals surface area contributed by atoms with E-state index in [1.54, 1.807) is 0 Å². The van der Waals surface area contributed by atoms with E-state index in [0.29, 0.717) is 6.04 Å². The third-order valence-corrected chi connectivity index (χ3v) is 4.13. The number of nitrogens with one attached hydrogen (secondary N) is 1. The average molecular weight is 248 g/mol. The third-order valence-electron chi connectivity index (χ3n) is 3.20. The van der Waals surface area contributed by atoms with E-state index in [-0.39, 0.29) is 0 Å². The van der Waals surface area contributed by atoms with Gasteiger partial charge in [-0.3, -0.25) is 0 Å². The van der Waals surface area contributed by atoms with Crippen molar-refractivity contribution in [3.8, 4) is 0 Å². The quantitative estimate of drug-likeness (QED) is 0.900. The van der Waals surface area contributed by atoms with E-state index in [1.165, 1.54) is 17.7 Å². The number of rotatable bonds is 4. The predicted molar refractivity (Wildman–Crippen MR) is 68.0 cm³/mol. The van der Waals surface area contributed by atoms with Gasteiger partial charge in [0.15, 0.2) is 0 Å². The first-order valence-electron chi connectivity index (χ1n) is 6.07. The zero-order valence-electron chi connectivity index (χ0n) is 9.67. The minimum Gasteiger partial charge on any atom is -0.316 e. The maximum absolute atomic E-state index is 4.25. The normalized spacial score (nSPS) is 19.9. The van der Waals surface area contributed by atoms with Crippen molar-refractivity contribution >= 4 is 11.3 Å². The Morgan fingerprint density at radius 2 is 2.53 bits per heavy atom. The summed E-state index contributed by atoms with van der Waals surface area (Å²) in [6.45, 7) is 2.07. The van der Waals surface area contributed by atoms with Gasteiger partial charge in [-0.25, -0.2) is 0 Å². The van der Waals surface area contributed by atoms with Crippen molar-refractivity contribution in [1.82, 2.24) is 20.1 Å². The lowest BCUT2D eigenvalue weighted by molar-refractivity contribution is 0.546. The molecule has 1 aliphatic rings. The van der Waals surface area contributed by atoms with E-state index in [0.717, 1.165) is 25.3 Å². The first-order chi connectivity index (χ1) is 8.43. The van der Waals surface area contributed by atoms with Crippen LogP contribution in [0.1, 0.15) is 29.6 Å². The maximum atomic E-state index is 4.25. The van der Waals surface area contributed by atoms with E-state index < -0.39 is 0 Å². The SMILES string of the molecule is c1csc(CCn2cnnc2C2CCCN2)c1. The number of hydrogen-bond donors (Lipinski definition) is 1. The molecule has 90 valence electrons. The monoisotopic (exact) mass is 248 g/mol. The van der Waals surface area contributed by atoms with Crippen molar-refractivity contribution in [3.63, 3.8) is 0 Å². The molecule has 1 atom stereocenters. The second-order valence-corrected chi connectivity index (χ2v) is 5.39. The first-order valence-corrected chi connectivity index (χ1v) is 6.95. The van der Waals surface area contributed by atoms with Gasteiger partial charge in [-0.1, -0.05) is 6.07 Å². The van der Waals surface area contributed by atoms with Gasteiger partial charge in [-0.05, 0) is 37.3 Å². The Kier molecular flexibility index (Phi) is 3.20. The average Bonchev–Trinajstić information content (AvgIpc) is 3.09. The van der Waals surface area contributed by atoms with Gasteiger partial charge in [0.05, 0.1) is 6.04 Å². The van der Waals surface area contributed by atoms with Crippen molar-refractivity contribution in [1.29, 1.82) is 0 Å². The Balaban J connectivity index is 1.68. The van der Waals surface area contributed by atoms with Crippen LogP contribution >= 0.6 is 11.3 Å². The highest BCUT2D eigenvalue weighted by Gasteiger charge is 2.21. The summed E-state index contributed by atoms with van der Waals surface area (Å²) in [5.74, 6) is 1.10. The standard InChI is InChI=1S/C12H16N4S/c1-4-11(13-6-1)12-15-14-9-16(12)7-5-10-3-2-8-17-10/h2-3,8-9,11,13H,1,4-7H2. The molecular formula is C12H16N4S. The summed E-state index contributed by atoms with van der Waals surface area (Å²) in [4.78, 5) is 1.42. The molecule has 0 bridgehead atoms. The zero-order chi connectivity index (χ0) is 11.5. The highest BCUT2D eigenvalue weighted by Crippen LogP contribution is 2.21. The lowest BCUT2D eigenvalue weighted by Crippen LogP contribution is -2.18. The van der Waals surface area contributed by atoms with Crippen molar-refractivity contribution < 1.29 is 0 Å². The van der Waals surface area contributed by atoms with Gasteiger partial charge in [0.1, 0.15) is 12.2 Å². The number of aromatic nitrogens is 3. The van der Waals surface area contributed by atoms with Crippen LogP contribution in [0, 0.1) is 0 Å². The Morgan fingerprint density at radius 3 is 3.29 bits per heavy atom. The number of thiophene rings is 1. The van der Waals surface area contributed by atoms with Crippen LogP contribution in [0.2, 0.25) is 0 Å². The Labute approximate surface area is 105 Å². The molecule has 2 aromatic heterocycles. The van der Waals surface area contributed by atoms with Crippen LogP contribution in [-0.4, -0.2) is 21.3 Å². The molecule has 1 aliphatic heterocycles. The highest BCUT2D eigenvalue weighted by molar-refractivity contribution is 7.09. The molecule has 17 heavy (non-hydrogen) atoms. The molecule has 0 aliphatic carbocycles. The first kappa shape index (κ1) is 10.9. The molecule has 5 heteroatoms. The predicted octanol–water partition coefficient (Wildman–Crippen LogP) is 2.01. The minimum atomic E-state index is 0.404. The fourth-order valence-electron chi connectivity index (χ4n) is 2.30. The Morgan fingerprint density at radius 1 is 1.53 bits per heavy atom. The highest BCUT2D eigenvalue weighted by atomic mass is 32.1. The van der Waals surface area contributed by atoms with E-state index >= 15 is 0 Å². The third kappa shape index (κ3) is 2.40. The van der Waals surface area contributed by atoms with E-state index in [2.05, 4.69) is 37.6 Å². The fourth-order valence-corrected chi connectivity index (χ4v) is 2.99. The molecule has 0 spiro atoms. The fraction of sp³-hybridized carbons (Fsp3) is 0.500. The van der Waals surface area contributed by atoms with Gasteiger partial charge in [-0.2, -0.15) is 0 Å². The maximum Gasteiger partial charge on any atom is 0.149 e. The van der Waals surface area contributed by atoms with E-state index in [9.17, 15) is 0 Å².